The molecule has 0 aromatic heterocycles. The van der Waals surface area contributed by atoms with Gasteiger partial charge in [-0.15, -0.1) is 0 Å². The van der Waals surface area contributed by atoms with Crippen LogP contribution in [0.1, 0.15) is 38.8 Å². The minimum absolute atomic E-state index is 0.164. The first-order valence-electron chi connectivity index (χ1n) is 5.47. The maximum Gasteiger partial charge on any atom is 0.417 e. The van der Waals surface area contributed by atoms with Crippen molar-refractivity contribution in [2.24, 2.45) is 0 Å². The second-order valence-corrected chi connectivity index (χ2v) is 3.82. The van der Waals surface area contributed by atoms with Gasteiger partial charge in [0.15, 0.2) is 6.29 Å². The molecular formula is C12H8F6O3. The van der Waals surface area contributed by atoms with Gasteiger partial charge in [0.2, 0.25) is 0 Å². The lowest BCUT2D eigenvalue weighted by molar-refractivity contribution is -0.143. The Kier molecular flexibility index (Phi) is 4.65. The fraction of sp³-hybridized carbons (Fsp3) is 0.333. The molecule has 1 aromatic carbocycles. The second kappa shape index (κ2) is 5.74. The average Bonchev–Trinajstić information content (AvgIpc) is 2.35. The molecule has 0 saturated carbocycles. The average molecular weight is 314 g/mol. The number of hydrogen-bond acceptors (Lipinski definition) is 3. The summed E-state index contributed by atoms with van der Waals surface area (Å²) in [5.41, 5.74) is -6.17. The smallest absolute Gasteiger partial charge is 0.417 e. The van der Waals surface area contributed by atoms with E-state index in [0.717, 1.165) is 0 Å². The van der Waals surface area contributed by atoms with Crippen molar-refractivity contribution >= 4 is 12.3 Å². The van der Waals surface area contributed by atoms with Gasteiger partial charge in [0.05, 0.1) is 23.3 Å². The molecule has 0 atom stereocenters. The zero-order valence-corrected chi connectivity index (χ0v) is 10.4. The summed E-state index contributed by atoms with van der Waals surface area (Å²) in [5, 5.41) is 0. The number of hydrogen-bond donors (Lipinski definition) is 0. The van der Waals surface area contributed by atoms with Crippen molar-refractivity contribution in [1.82, 2.24) is 0 Å². The zero-order valence-electron chi connectivity index (χ0n) is 10.4. The quantitative estimate of drug-likeness (QED) is 0.485. The summed E-state index contributed by atoms with van der Waals surface area (Å²) in [6, 6.07) is 0.327. The number of halogens is 6. The molecule has 9 heteroatoms. The number of rotatable bonds is 3. The van der Waals surface area contributed by atoms with E-state index in [-0.39, 0.29) is 18.7 Å². The molecule has 0 fully saturated rings. The summed E-state index contributed by atoms with van der Waals surface area (Å²) in [5.74, 6) is -1.34. The normalized spacial score (nSPS) is 12.1. The number of esters is 1. The number of benzene rings is 1. The first-order chi connectivity index (χ1) is 9.52. The molecule has 21 heavy (non-hydrogen) atoms. The molecular weight excluding hydrogens is 306 g/mol. The Labute approximate surface area is 114 Å². The monoisotopic (exact) mass is 314 g/mol. The van der Waals surface area contributed by atoms with E-state index in [9.17, 15) is 35.9 Å². The molecule has 0 spiro atoms. The van der Waals surface area contributed by atoms with E-state index in [4.69, 9.17) is 0 Å². The Bertz CT molecular complexity index is 524. The lowest BCUT2D eigenvalue weighted by atomic mass is 9.97. The minimum atomic E-state index is -5.22. The van der Waals surface area contributed by atoms with Crippen LogP contribution in [0.2, 0.25) is 0 Å². The van der Waals surface area contributed by atoms with Gasteiger partial charge >= 0.3 is 18.3 Å². The standard InChI is InChI=1S/C12H8F6O3/c1-2-21-10(20)6-3-8(11(13,14)15)7(5-19)9(4-6)12(16,17)18/h3-5H,2H2,1H3. The molecule has 0 radical (unpaired) electrons. The summed E-state index contributed by atoms with van der Waals surface area (Å²) in [6.07, 6.45) is -11.0. The molecule has 0 aliphatic rings. The van der Waals surface area contributed by atoms with E-state index in [0.29, 0.717) is 0 Å². The molecule has 1 rings (SSSR count). The molecule has 116 valence electrons. The summed E-state index contributed by atoms with van der Waals surface area (Å²) >= 11 is 0. The van der Waals surface area contributed by atoms with Gasteiger partial charge in [-0.1, -0.05) is 0 Å². The third-order valence-electron chi connectivity index (χ3n) is 2.42. The Hall–Kier alpha value is -2.06. The SMILES string of the molecule is CCOC(=O)c1cc(C(F)(F)F)c(C=O)c(C(F)(F)F)c1. The fourth-order valence-electron chi connectivity index (χ4n) is 1.58. The van der Waals surface area contributed by atoms with Crippen LogP contribution in [-0.2, 0) is 17.1 Å². The molecule has 0 unspecified atom stereocenters. The minimum Gasteiger partial charge on any atom is -0.462 e. The highest BCUT2D eigenvalue weighted by Crippen LogP contribution is 2.39. The molecule has 0 bridgehead atoms. The zero-order chi connectivity index (χ0) is 16.4. The summed E-state index contributed by atoms with van der Waals surface area (Å²) in [4.78, 5) is 22.0. The third-order valence-corrected chi connectivity index (χ3v) is 2.42. The van der Waals surface area contributed by atoms with Crippen LogP contribution in [0.25, 0.3) is 0 Å². The molecule has 0 aliphatic carbocycles. The molecule has 1 aromatic rings. The van der Waals surface area contributed by atoms with Crippen LogP contribution in [0.15, 0.2) is 12.1 Å². The molecule has 0 amide bonds. The van der Waals surface area contributed by atoms with Crippen molar-refractivity contribution in [2.75, 3.05) is 6.61 Å². The Morgan fingerprint density at radius 1 is 1.10 bits per heavy atom. The largest absolute Gasteiger partial charge is 0.462 e. The maximum absolute atomic E-state index is 12.8. The second-order valence-electron chi connectivity index (χ2n) is 3.82. The summed E-state index contributed by atoms with van der Waals surface area (Å²) in [6.45, 7) is 1.12. The van der Waals surface area contributed by atoms with Crippen molar-refractivity contribution in [3.63, 3.8) is 0 Å². The molecule has 0 saturated heterocycles. The van der Waals surface area contributed by atoms with Crippen molar-refractivity contribution in [3.8, 4) is 0 Å². The maximum atomic E-state index is 12.8. The van der Waals surface area contributed by atoms with Gasteiger partial charge in [-0.2, -0.15) is 26.3 Å². The first-order valence-corrected chi connectivity index (χ1v) is 5.47. The Balaban J connectivity index is 3.67. The van der Waals surface area contributed by atoms with Crippen LogP contribution in [-0.4, -0.2) is 18.9 Å². The number of alkyl halides is 6. The van der Waals surface area contributed by atoms with E-state index in [2.05, 4.69) is 4.74 Å². The topological polar surface area (TPSA) is 43.4 Å². The lowest BCUT2D eigenvalue weighted by Gasteiger charge is -2.17. The van der Waals surface area contributed by atoms with Crippen molar-refractivity contribution in [1.29, 1.82) is 0 Å². The molecule has 0 aliphatic heterocycles. The van der Waals surface area contributed by atoms with Gasteiger partial charge < -0.3 is 4.74 Å². The van der Waals surface area contributed by atoms with Gasteiger partial charge in [0.1, 0.15) is 0 Å². The van der Waals surface area contributed by atoms with Crippen LogP contribution in [0.4, 0.5) is 26.3 Å². The van der Waals surface area contributed by atoms with E-state index >= 15 is 0 Å². The molecule has 0 heterocycles. The Morgan fingerprint density at radius 2 is 1.52 bits per heavy atom. The van der Waals surface area contributed by atoms with E-state index in [1.165, 1.54) is 6.92 Å². The van der Waals surface area contributed by atoms with Crippen molar-refractivity contribution in [3.05, 3.63) is 34.4 Å². The van der Waals surface area contributed by atoms with E-state index in [1.807, 2.05) is 0 Å². The van der Waals surface area contributed by atoms with Gasteiger partial charge in [-0.25, -0.2) is 4.79 Å². The lowest BCUT2D eigenvalue weighted by Crippen LogP contribution is -2.19. The van der Waals surface area contributed by atoms with Gasteiger partial charge in [-0.05, 0) is 19.1 Å². The highest BCUT2D eigenvalue weighted by molar-refractivity contribution is 5.92. The molecule has 0 N–H and O–H groups in total. The summed E-state index contributed by atoms with van der Waals surface area (Å²) in [7, 11) is 0. The van der Waals surface area contributed by atoms with Crippen LogP contribution in [0.5, 0.6) is 0 Å². The predicted octanol–water partition coefficient (Wildman–Crippen LogP) is 3.71. The van der Waals surface area contributed by atoms with Gasteiger partial charge in [0, 0.05) is 5.56 Å². The number of carbonyl (C=O) groups excluding carboxylic acids is 2. The van der Waals surface area contributed by atoms with Crippen LogP contribution in [0.3, 0.4) is 0 Å². The number of ether oxygens (including phenoxy) is 1. The number of aldehydes is 1. The van der Waals surface area contributed by atoms with E-state index < -0.39 is 46.9 Å². The summed E-state index contributed by atoms with van der Waals surface area (Å²) < 4.78 is 80.9. The molecule has 3 nitrogen and oxygen atoms in total. The highest BCUT2D eigenvalue weighted by Gasteiger charge is 2.42. The van der Waals surface area contributed by atoms with Crippen LogP contribution < -0.4 is 0 Å². The van der Waals surface area contributed by atoms with Crippen LogP contribution in [0, 0.1) is 0 Å². The predicted molar refractivity (Wildman–Crippen MR) is 57.8 cm³/mol. The fourth-order valence-corrected chi connectivity index (χ4v) is 1.58. The van der Waals surface area contributed by atoms with Crippen molar-refractivity contribution < 1.29 is 40.7 Å². The van der Waals surface area contributed by atoms with Crippen molar-refractivity contribution in [2.45, 2.75) is 19.3 Å². The van der Waals surface area contributed by atoms with Gasteiger partial charge in [-0.3, -0.25) is 4.79 Å². The number of carbonyl (C=O) groups is 2. The first kappa shape index (κ1) is 17.0. The van der Waals surface area contributed by atoms with Gasteiger partial charge in [0.25, 0.3) is 0 Å². The third kappa shape index (κ3) is 3.73. The van der Waals surface area contributed by atoms with Crippen LogP contribution >= 0.6 is 0 Å². The van der Waals surface area contributed by atoms with E-state index in [1.54, 1.807) is 0 Å². The Morgan fingerprint density at radius 3 is 1.81 bits per heavy atom. The highest BCUT2D eigenvalue weighted by atomic mass is 19.4.